The van der Waals surface area contributed by atoms with E-state index in [-0.39, 0.29) is 27.9 Å². The van der Waals surface area contributed by atoms with Gasteiger partial charge >= 0.3 is 0 Å². The van der Waals surface area contributed by atoms with Gasteiger partial charge in [0.05, 0.1) is 9.95 Å². The third-order valence-corrected chi connectivity index (χ3v) is 3.91. The lowest BCUT2D eigenvalue weighted by atomic mass is 10.1. The molecule has 3 N–H and O–H groups in total. The predicted octanol–water partition coefficient (Wildman–Crippen LogP) is 2.75. The maximum atomic E-state index is 12.0. The highest BCUT2D eigenvalue weighted by molar-refractivity contribution is 6.34. The van der Waals surface area contributed by atoms with Gasteiger partial charge in [-0.25, -0.2) is 0 Å². The molecule has 2 rings (SSSR count). The van der Waals surface area contributed by atoms with E-state index in [9.17, 15) is 14.9 Å². The van der Waals surface area contributed by atoms with Crippen LogP contribution in [0.3, 0.4) is 0 Å². The Kier molecular flexibility index (Phi) is 4.44. The van der Waals surface area contributed by atoms with Crippen LogP contribution in [0, 0.1) is 16.0 Å². The summed E-state index contributed by atoms with van der Waals surface area (Å²) in [6.07, 6.45) is 4.62. The van der Waals surface area contributed by atoms with E-state index >= 15 is 0 Å². The SMILES string of the molecule is Nc1c(Cl)cc(C(=O)NCC2CCCC2)cc1[N+](=O)[O-]. The third-order valence-electron chi connectivity index (χ3n) is 3.59. The number of carbonyl (C=O) groups excluding carboxylic acids is 1. The van der Waals surface area contributed by atoms with Crippen molar-refractivity contribution in [3.05, 3.63) is 32.8 Å². The summed E-state index contributed by atoms with van der Waals surface area (Å²) in [5.74, 6) is 0.139. The molecule has 1 saturated carbocycles. The molecule has 1 aliphatic carbocycles. The summed E-state index contributed by atoms with van der Waals surface area (Å²) in [5, 5.41) is 13.7. The van der Waals surface area contributed by atoms with E-state index in [1.807, 2.05) is 0 Å². The van der Waals surface area contributed by atoms with E-state index in [1.54, 1.807) is 0 Å². The van der Waals surface area contributed by atoms with Gasteiger partial charge in [-0.05, 0) is 24.8 Å². The Morgan fingerprint density at radius 2 is 2.10 bits per heavy atom. The van der Waals surface area contributed by atoms with E-state index in [2.05, 4.69) is 5.32 Å². The third kappa shape index (κ3) is 3.19. The molecule has 0 spiro atoms. The summed E-state index contributed by atoms with van der Waals surface area (Å²) in [4.78, 5) is 22.2. The number of nitrogens with zero attached hydrogens (tertiary/aromatic N) is 1. The number of nitro benzene ring substituents is 1. The van der Waals surface area contributed by atoms with Gasteiger partial charge in [-0.1, -0.05) is 24.4 Å². The molecule has 0 unspecified atom stereocenters. The van der Waals surface area contributed by atoms with Crippen LogP contribution in [0.25, 0.3) is 0 Å². The minimum absolute atomic E-state index is 0.0187. The summed E-state index contributed by atoms with van der Waals surface area (Å²) in [6.45, 7) is 0.592. The Morgan fingerprint density at radius 3 is 2.70 bits per heavy atom. The lowest BCUT2D eigenvalue weighted by Crippen LogP contribution is -2.28. The number of nitro groups is 1. The van der Waals surface area contributed by atoms with Crippen LogP contribution >= 0.6 is 11.6 Å². The van der Waals surface area contributed by atoms with Gasteiger partial charge in [0.15, 0.2) is 0 Å². The molecule has 0 aliphatic heterocycles. The van der Waals surface area contributed by atoms with Gasteiger partial charge in [0.2, 0.25) is 0 Å². The average molecular weight is 298 g/mol. The van der Waals surface area contributed by atoms with Crippen molar-refractivity contribution in [2.75, 3.05) is 12.3 Å². The summed E-state index contributed by atoms with van der Waals surface area (Å²) in [6, 6.07) is 2.51. The highest BCUT2D eigenvalue weighted by Gasteiger charge is 2.20. The van der Waals surface area contributed by atoms with Crippen LogP contribution in [0.15, 0.2) is 12.1 Å². The fourth-order valence-corrected chi connectivity index (χ4v) is 2.65. The number of rotatable bonds is 4. The van der Waals surface area contributed by atoms with Crippen LogP contribution in [0.1, 0.15) is 36.0 Å². The number of hydrogen-bond acceptors (Lipinski definition) is 4. The smallest absolute Gasteiger partial charge is 0.294 e. The molecular weight excluding hydrogens is 282 g/mol. The number of nitrogens with one attached hydrogen (secondary N) is 1. The summed E-state index contributed by atoms with van der Waals surface area (Å²) in [7, 11) is 0. The maximum Gasteiger partial charge on any atom is 0.294 e. The summed E-state index contributed by atoms with van der Waals surface area (Å²) >= 11 is 5.82. The Bertz CT molecular complexity index is 542. The lowest BCUT2D eigenvalue weighted by molar-refractivity contribution is -0.383. The second-order valence-electron chi connectivity index (χ2n) is 5.01. The second kappa shape index (κ2) is 6.09. The van der Waals surface area contributed by atoms with Crippen molar-refractivity contribution in [1.82, 2.24) is 5.32 Å². The number of amides is 1. The molecule has 1 aromatic carbocycles. The minimum Gasteiger partial charge on any atom is -0.392 e. The first-order valence-electron chi connectivity index (χ1n) is 6.50. The van der Waals surface area contributed by atoms with Crippen molar-refractivity contribution in [3.8, 4) is 0 Å². The summed E-state index contributed by atoms with van der Waals surface area (Å²) in [5.41, 5.74) is 5.22. The Hall–Kier alpha value is -1.82. The van der Waals surface area contributed by atoms with Crippen LogP contribution in [-0.2, 0) is 0 Å². The van der Waals surface area contributed by atoms with Crippen molar-refractivity contribution in [2.24, 2.45) is 5.92 Å². The number of carbonyl (C=O) groups is 1. The van der Waals surface area contributed by atoms with E-state index in [1.165, 1.54) is 18.9 Å². The van der Waals surface area contributed by atoms with Gasteiger partial charge in [-0.15, -0.1) is 0 Å². The summed E-state index contributed by atoms with van der Waals surface area (Å²) < 4.78 is 0. The second-order valence-corrected chi connectivity index (χ2v) is 5.42. The standard InChI is InChI=1S/C13H16ClN3O3/c14-10-5-9(6-11(12(10)15)17(19)20)13(18)16-7-8-3-1-2-4-8/h5-6,8H,1-4,7,15H2,(H,16,18). The molecule has 1 fully saturated rings. The first-order chi connectivity index (χ1) is 9.49. The van der Waals surface area contributed by atoms with Crippen molar-refractivity contribution in [1.29, 1.82) is 0 Å². The highest BCUT2D eigenvalue weighted by atomic mass is 35.5. The number of benzene rings is 1. The van der Waals surface area contributed by atoms with Crippen molar-refractivity contribution >= 4 is 28.9 Å². The van der Waals surface area contributed by atoms with Gasteiger partial charge in [-0.3, -0.25) is 14.9 Å². The Balaban J connectivity index is 2.11. The van der Waals surface area contributed by atoms with Crippen LogP contribution in [0.2, 0.25) is 5.02 Å². The maximum absolute atomic E-state index is 12.0. The minimum atomic E-state index is -0.644. The molecule has 7 heteroatoms. The number of nitrogens with two attached hydrogens (primary N) is 1. The molecule has 0 aromatic heterocycles. The fraction of sp³-hybridized carbons (Fsp3) is 0.462. The fourth-order valence-electron chi connectivity index (χ4n) is 2.44. The van der Waals surface area contributed by atoms with Gasteiger partial charge in [0.25, 0.3) is 11.6 Å². The molecule has 0 bridgehead atoms. The number of anilines is 1. The zero-order valence-electron chi connectivity index (χ0n) is 10.9. The van der Waals surface area contributed by atoms with Gasteiger partial charge in [0.1, 0.15) is 5.69 Å². The van der Waals surface area contributed by atoms with Crippen LogP contribution in [-0.4, -0.2) is 17.4 Å². The van der Waals surface area contributed by atoms with E-state index in [4.69, 9.17) is 17.3 Å². The predicted molar refractivity (Wildman–Crippen MR) is 76.8 cm³/mol. The highest BCUT2D eigenvalue weighted by Crippen LogP contribution is 2.31. The molecule has 108 valence electrons. The van der Waals surface area contributed by atoms with Gasteiger partial charge in [-0.2, -0.15) is 0 Å². The Labute approximate surface area is 121 Å². The number of nitrogen functional groups attached to an aromatic ring is 1. The molecule has 1 aliphatic rings. The zero-order chi connectivity index (χ0) is 14.7. The molecule has 1 amide bonds. The molecule has 6 nitrogen and oxygen atoms in total. The van der Waals surface area contributed by atoms with Crippen LogP contribution < -0.4 is 11.1 Å². The Morgan fingerprint density at radius 1 is 1.45 bits per heavy atom. The molecule has 20 heavy (non-hydrogen) atoms. The molecule has 0 saturated heterocycles. The van der Waals surface area contributed by atoms with Crippen molar-refractivity contribution in [2.45, 2.75) is 25.7 Å². The monoisotopic (exact) mass is 297 g/mol. The lowest BCUT2D eigenvalue weighted by Gasteiger charge is -2.11. The number of hydrogen-bond donors (Lipinski definition) is 2. The molecule has 0 radical (unpaired) electrons. The first-order valence-corrected chi connectivity index (χ1v) is 6.88. The average Bonchev–Trinajstić information content (AvgIpc) is 2.91. The quantitative estimate of drug-likeness (QED) is 0.507. The normalized spacial score (nSPS) is 15.2. The molecule has 0 heterocycles. The van der Waals surface area contributed by atoms with E-state index < -0.39 is 4.92 Å². The molecule has 0 atom stereocenters. The largest absolute Gasteiger partial charge is 0.392 e. The van der Waals surface area contributed by atoms with Gasteiger partial charge < -0.3 is 11.1 Å². The molecular formula is C13H16ClN3O3. The van der Waals surface area contributed by atoms with Crippen LogP contribution in [0.5, 0.6) is 0 Å². The van der Waals surface area contributed by atoms with Crippen molar-refractivity contribution < 1.29 is 9.72 Å². The first kappa shape index (κ1) is 14.6. The zero-order valence-corrected chi connectivity index (χ0v) is 11.7. The molecule has 1 aromatic rings. The van der Waals surface area contributed by atoms with E-state index in [0.717, 1.165) is 18.9 Å². The van der Waals surface area contributed by atoms with E-state index in [0.29, 0.717) is 12.5 Å². The topological polar surface area (TPSA) is 98.3 Å². The van der Waals surface area contributed by atoms with Gasteiger partial charge in [0, 0.05) is 18.2 Å². The van der Waals surface area contributed by atoms with Crippen molar-refractivity contribution in [3.63, 3.8) is 0 Å². The number of halogens is 1. The van der Waals surface area contributed by atoms with Crippen LogP contribution in [0.4, 0.5) is 11.4 Å².